The zero-order valence-electron chi connectivity index (χ0n) is 8.21. The van der Waals surface area contributed by atoms with Crippen molar-refractivity contribution in [3.8, 4) is 0 Å². The maximum absolute atomic E-state index is 5.36. The third-order valence-electron chi connectivity index (χ3n) is 1.46. The number of ether oxygens (including phenoxy) is 2. The molecule has 0 unspecified atom stereocenters. The fourth-order valence-corrected chi connectivity index (χ4v) is 0.757. The largest absolute Gasteiger partial charge is 0.383 e. The minimum absolute atomic E-state index is 0.605. The van der Waals surface area contributed by atoms with E-state index in [4.69, 9.17) is 14.3 Å². The molecule has 0 rings (SSSR count). The number of nitrogens with zero attached hydrogens (tertiary/aromatic N) is 1. The molecule has 0 aromatic rings. The van der Waals surface area contributed by atoms with E-state index in [1.54, 1.807) is 14.2 Å². The summed E-state index contributed by atoms with van der Waals surface area (Å²) in [5.41, 5.74) is 0. The fraction of sp³-hybridized carbons (Fsp3) is 1.00. The summed E-state index contributed by atoms with van der Waals surface area (Å²) in [5.74, 6) is 0. The van der Waals surface area contributed by atoms with Gasteiger partial charge < -0.3 is 9.47 Å². The quantitative estimate of drug-likeness (QED) is 0.400. The van der Waals surface area contributed by atoms with E-state index in [1.807, 2.05) is 12.0 Å². The molecule has 0 aromatic carbocycles. The van der Waals surface area contributed by atoms with Crippen molar-refractivity contribution in [2.45, 2.75) is 6.92 Å². The van der Waals surface area contributed by atoms with Gasteiger partial charge in [0.15, 0.2) is 0 Å². The van der Waals surface area contributed by atoms with Gasteiger partial charge in [-0.25, -0.2) is 0 Å². The van der Waals surface area contributed by atoms with Gasteiger partial charge in [-0.3, -0.25) is 4.84 Å². The van der Waals surface area contributed by atoms with E-state index in [2.05, 4.69) is 0 Å². The average Bonchev–Trinajstić information content (AvgIpc) is 2.11. The molecule has 0 N–H and O–H groups in total. The molecule has 0 aliphatic heterocycles. The van der Waals surface area contributed by atoms with Crippen LogP contribution >= 0.6 is 0 Å². The van der Waals surface area contributed by atoms with Crippen LogP contribution in [0, 0.1) is 0 Å². The highest BCUT2D eigenvalue weighted by atomic mass is 16.7. The van der Waals surface area contributed by atoms with Gasteiger partial charge in [-0.2, -0.15) is 5.06 Å². The van der Waals surface area contributed by atoms with E-state index in [1.165, 1.54) is 0 Å². The van der Waals surface area contributed by atoms with Crippen LogP contribution < -0.4 is 0 Å². The second-order valence-electron chi connectivity index (χ2n) is 2.34. The Balaban J connectivity index is 3.26. The zero-order chi connectivity index (χ0) is 9.23. The summed E-state index contributed by atoms with van der Waals surface area (Å²) in [7, 11) is 3.35. The molecule has 0 atom stereocenters. The lowest BCUT2D eigenvalue weighted by Crippen LogP contribution is -2.28. The summed E-state index contributed by atoms with van der Waals surface area (Å²) in [4.78, 5) is 5.36. The molecular weight excluding hydrogens is 158 g/mol. The predicted octanol–water partition coefficient (Wildman–Crippen LogP) is 0.533. The van der Waals surface area contributed by atoms with Gasteiger partial charge in [-0.15, -0.1) is 0 Å². The first-order valence-corrected chi connectivity index (χ1v) is 4.20. The van der Waals surface area contributed by atoms with Crippen molar-refractivity contribution in [3.05, 3.63) is 0 Å². The van der Waals surface area contributed by atoms with Crippen LogP contribution in [0.1, 0.15) is 6.92 Å². The lowest BCUT2D eigenvalue weighted by Gasteiger charge is -2.18. The Morgan fingerprint density at radius 1 is 1.00 bits per heavy atom. The van der Waals surface area contributed by atoms with Crippen LogP contribution in [0.25, 0.3) is 0 Å². The maximum Gasteiger partial charge on any atom is 0.0918 e. The molecule has 4 heteroatoms. The van der Waals surface area contributed by atoms with E-state index >= 15 is 0 Å². The average molecular weight is 177 g/mol. The Morgan fingerprint density at radius 2 is 1.67 bits per heavy atom. The maximum atomic E-state index is 5.36. The number of hydrogen-bond acceptors (Lipinski definition) is 4. The number of hydrogen-bond donors (Lipinski definition) is 0. The standard InChI is InChI=1S/C8H19NO3/c1-4-9(5-6-10-2)12-8-7-11-3/h4-8H2,1-3H3. The van der Waals surface area contributed by atoms with Crippen LogP contribution in [0.4, 0.5) is 0 Å². The first-order valence-electron chi connectivity index (χ1n) is 4.20. The molecule has 12 heavy (non-hydrogen) atoms. The summed E-state index contributed by atoms with van der Waals surface area (Å²) < 4.78 is 9.79. The van der Waals surface area contributed by atoms with Crippen molar-refractivity contribution in [1.29, 1.82) is 0 Å². The second kappa shape index (κ2) is 8.93. The summed E-state index contributed by atoms with van der Waals surface area (Å²) >= 11 is 0. The molecule has 0 spiro atoms. The Hall–Kier alpha value is -0.160. The second-order valence-corrected chi connectivity index (χ2v) is 2.34. The van der Waals surface area contributed by atoms with Gasteiger partial charge in [-0.05, 0) is 0 Å². The van der Waals surface area contributed by atoms with Gasteiger partial charge in [-0.1, -0.05) is 6.92 Å². The molecule has 0 bridgehead atoms. The number of hydroxylamine groups is 2. The zero-order valence-corrected chi connectivity index (χ0v) is 8.21. The first kappa shape index (κ1) is 11.8. The van der Waals surface area contributed by atoms with Crippen LogP contribution in [-0.2, 0) is 14.3 Å². The molecule has 74 valence electrons. The first-order chi connectivity index (χ1) is 5.85. The van der Waals surface area contributed by atoms with E-state index in [-0.39, 0.29) is 0 Å². The highest BCUT2D eigenvalue weighted by molar-refractivity contribution is 4.40. The predicted molar refractivity (Wildman–Crippen MR) is 47.0 cm³/mol. The van der Waals surface area contributed by atoms with Crippen molar-refractivity contribution in [1.82, 2.24) is 5.06 Å². The number of likely N-dealkylation sites (N-methyl/N-ethyl adjacent to an activating group) is 1. The minimum atomic E-state index is 0.605. The van der Waals surface area contributed by atoms with Crippen molar-refractivity contribution < 1.29 is 14.3 Å². The topological polar surface area (TPSA) is 30.9 Å². The molecule has 0 saturated heterocycles. The van der Waals surface area contributed by atoms with Crippen LogP contribution in [0.3, 0.4) is 0 Å². The van der Waals surface area contributed by atoms with Crippen LogP contribution in [-0.4, -0.2) is 52.2 Å². The van der Waals surface area contributed by atoms with Crippen molar-refractivity contribution in [2.75, 3.05) is 47.1 Å². The highest BCUT2D eigenvalue weighted by Crippen LogP contribution is 1.89. The van der Waals surface area contributed by atoms with Crippen LogP contribution in [0.2, 0.25) is 0 Å². The number of methoxy groups -OCH3 is 2. The Kier molecular flexibility index (Phi) is 8.81. The molecular formula is C8H19NO3. The van der Waals surface area contributed by atoms with Crippen LogP contribution in [0.5, 0.6) is 0 Å². The fourth-order valence-electron chi connectivity index (χ4n) is 0.757. The summed E-state index contributed by atoms with van der Waals surface area (Å²) in [6, 6.07) is 0. The molecule has 0 aromatic heterocycles. The van der Waals surface area contributed by atoms with Crippen LogP contribution in [0.15, 0.2) is 0 Å². The number of rotatable bonds is 8. The normalized spacial score (nSPS) is 11.0. The molecule has 0 amide bonds. The summed E-state index contributed by atoms with van der Waals surface area (Å²) in [6.45, 7) is 5.64. The molecule has 0 heterocycles. The van der Waals surface area contributed by atoms with E-state index in [9.17, 15) is 0 Å². The highest BCUT2D eigenvalue weighted by Gasteiger charge is 2.00. The van der Waals surface area contributed by atoms with E-state index in [0.717, 1.165) is 13.1 Å². The third kappa shape index (κ3) is 6.54. The summed E-state index contributed by atoms with van der Waals surface area (Å²) in [5, 5.41) is 1.86. The lowest BCUT2D eigenvalue weighted by atomic mass is 10.6. The SMILES string of the molecule is CCN(CCOC)OCCOC. The molecule has 0 radical (unpaired) electrons. The summed E-state index contributed by atoms with van der Waals surface area (Å²) in [6.07, 6.45) is 0. The van der Waals surface area contributed by atoms with E-state index in [0.29, 0.717) is 19.8 Å². The Bertz CT molecular complexity index is 90.4. The van der Waals surface area contributed by atoms with E-state index < -0.39 is 0 Å². The lowest BCUT2D eigenvalue weighted by molar-refractivity contribution is -0.170. The molecule has 0 saturated carbocycles. The monoisotopic (exact) mass is 177 g/mol. The van der Waals surface area contributed by atoms with Crippen molar-refractivity contribution in [2.24, 2.45) is 0 Å². The molecule has 0 aliphatic carbocycles. The molecule has 4 nitrogen and oxygen atoms in total. The van der Waals surface area contributed by atoms with Gasteiger partial charge >= 0.3 is 0 Å². The molecule has 0 fully saturated rings. The van der Waals surface area contributed by atoms with Crippen molar-refractivity contribution >= 4 is 0 Å². The van der Waals surface area contributed by atoms with Gasteiger partial charge in [0.05, 0.1) is 19.8 Å². The van der Waals surface area contributed by atoms with Gasteiger partial charge in [0, 0.05) is 27.3 Å². The Morgan fingerprint density at radius 3 is 2.17 bits per heavy atom. The van der Waals surface area contributed by atoms with Gasteiger partial charge in [0.2, 0.25) is 0 Å². The van der Waals surface area contributed by atoms with Gasteiger partial charge in [0.25, 0.3) is 0 Å². The van der Waals surface area contributed by atoms with Gasteiger partial charge in [0.1, 0.15) is 0 Å². The Labute approximate surface area is 74.3 Å². The molecule has 0 aliphatic rings. The third-order valence-corrected chi connectivity index (χ3v) is 1.46. The minimum Gasteiger partial charge on any atom is -0.383 e. The smallest absolute Gasteiger partial charge is 0.0918 e. The van der Waals surface area contributed by atoms with Crippen molar-refractivity contribution in [3.63, 3.8) is 0 Å².